The fraction of sp³-hybridized carbons (Fsp3) is 0.333. The third-order valence-electron chi connectivity index (χ3n) is 2.36. The molecule has 0 aliphatic heterocycles. The van der Waals surface area contributed by atoms with Gasteiger partial charge in [-0.1, -0.05) is 6.92 Å². The molecule has 2 aromatic heterocycles. The highest BCUT2D eigenvalue weighted by Gasteiger charge is 2.15. The third kappa shape index (κ3) is 3.04. The molecule has 0 unspecified atom stereocenters. The second kappa shape index (κ2) is 6.00. The van der Waals surface area contributed by atoms with Crippen molar-refractivity contribution in [2.24, 2.45) is 0 Å². The lowest BCUT2D eigenvalue weighted by atomic mass is 10.1. The molecule has 0 bridgehead atoms. The average molecular weight is 229 g/mol. The zero-order valence-corrected chi connectivity index (χ0v) is 9.74. The minimum atomic E-state index is -0.0441. The summed E-state index contributed by atoms with van der Waals surface area (Å²) in [5, 5.41) is 3.40. The van der Waals surface area contributed by atoms with E-state index in [4.69, 9.17) is 0 Å². The maximum absolute atomic E-state index is 4.32. The summed E-state index contributed by atoms with van der Waals surface area (Å²) in [5.74, 6) is 0. The molecule has 17 heavy (non-hydrogen) atoms. The van der Waals surface area contributed by atoms with Gasteiger partial charge in [0.25, 0.3) is 0 Å². The van der Waals surface area contributed by atoms with E-state index in [0.717, 1.165) is 24.4 Å². The minimum Gasteiger partial charge on any atom is -0.304 e. The van der Waals surface area contributed by atoms with E-state index < -0.39 is 0 Å². The number of hydrogen-bond donors (Lipinski definition) is 1. The van der Waals surface area contributed by atoms with Crippen LogP contribution in [0.1, 0.15) is 30.8 Å². The first kappa shape index (κ1) is 11.6. The Bertz CT molecular complexity index is 392. The van der Waals surface area contributed by atoms with Gasteiger partial charge < -0.3 is 5.32 Å². The van der Waals surface area contributed by atoms with Crippen molar-refractivity contribution < 1.29 is 0 Å². The molecule has 0 saturated heterocycles. The minimum absolute atomic E-state index is 0.0441. The van der Waals surface area contributed by atoms with Crippen LogP contribution in [0.5, 0.6) is 0 Å². The molecule has 0 spiro atoms. The lowest BCUT2D eigenvalue weighted by Gasteiger charge is -2.16. The first-order valence-corrected chi connectivity index (χ1v) is 5.67. The highest BCUT2D eigenvalue weighted by Crippen LogP contribution is 2.16. The van der Waals surface area contributed by atoms with E-state index in [9.17, 15) is 0 Å². The van der Waals surface area contributed by atoms with Crippen molar-refractivity contribution >= 4 is 0 Å². The zero-order valence-electron chi connectivity index (χ0n) is 9.74. The predicted molar refractivity (Wildman–Crippen MR) is 64.2 cm³/mol. The molecule has 0 amide bonds. The van der Waals surface area contributed by atoms with Crippen LogP contribution in [0.15, 0.2) is 37.2 Å². The van der Waals surface area contributed by atoms with Crippen LogP contribution < -0.4 is 5.32 Å². The van der Waals surface area contributed by atoms with Gasteiger partial charge in [-0.3, -0.25) is 19.9 Å². The Balaban J connectivity index is 2.26. The van der Waals surface area contributed by atoms with E-state index >= 15 is 0 Å². The number of nitrogens with one attached hydrogen (secondary N) is 1. The maximum atomic E-state index is 4.32. The van der Waals surface area contributed by atoms with Gasteiger partial charge in [0, 0.05) is 24.8 Å². The van der Waals surface area contributed by atoms with Crippen LogP contribution >= 0.6 is 0 Å². The van der Waals surface area contributed by atoms with Gasteiger partial charge in [-0.15, -0.1) is 0 Å². The van der Waals surface area contributed by atoms with Crippen molar-refractivity contribution in [1.82, 2.24) is 25.3 Å². The predicted octanol–water partition coefficient (Wildman–Crippen LogP) is 1.36. The zero-order chi connectivity index (χ0) is 11.9. The first-order valence-electron chi connectivity index (χ1n) is 5.67. The van der Waals surface area contributed by atoms with Crippen LogP contribution in [-0.2, 0) is 0 Å². The van der Waals surface area contributed by atoms with E-state index in [1.165, 1.54) is 0 Å². The van der Waals surface area contributed by atoms with Gasteiger partial charge in [0.2, 0.25) is 0 Å². The Hall–Kier alpha value is -1.88. The third-order valence-corrected chi connectivity index (χ3v) is 2.36. The van der Waals surface area contributed by atoms with Gasteiger partial charge in [0.05, 0.1) is 29.8 Å². The van der Waals surface area contributed by atoms with E-state index in [1.54, 1.807) is 37.2 Å². The Morgan fingerprint density at radius 2 is 1.59 bits per heavy atom. The van der Waals surface area contributed by atoms with Crippen molar-refractivity contribution in [3.63, 3.8) is 0 Å². The van der Waals surface area contributed by atoms with E-state index in [2.05, 4.69) is 32.2 Å². The maximum Gasteiger partial charge on any atom is 0.0956 e. The van der Waals surface area contributed by atoms with Gasteiger partial charge >= 0.3 is 0 Å². The molecule has 5 nitrogen and oxygen atoms in total. The summed E-state index contributed by atoms with van der Waals surface area (Å²) < 4.78 is 0. The van der Waals surface area contributed by atoms with Gasteiger partial charge in [-0.2, -0.15) is 0 Å². The quantitative estimate of drug-likeness (QED) is 0.838. The summed E-state index contributed by atoms with van der Waals surface area (Å²) >= 11 is 0. The van der Waals surface area contributed by atoms with Crippen LogP contribution in [0.25, 0.3) is 0 Å². The molecule has 1 N–H and O–H groups in total. The first-order chi connectivity index (χ1) is 8.42. The Morgan fingerprint density at radius 1 is 1.00 bits per heavy atom. The summed E-state index contributed by atoms with van der Waals surface area (Å²) in [6, 6.07) is -0.0441. The molecule has 5 heteroatoms. The van der Waals surface area contributed by atoms with Crippen LogP contribution in [-0.4, -0.2) is 26.5 Å². The Labute approximate surface area is 100 Å². The standard InChI is InChI=1S/C12H15N5/c1-2-3-17-12(10-8-13-4-6-15-10)11-9-14-5-7-16-11/h4-9,12,17H,2-3H2,1H3. The topological polar surface area (TPSA) is 63.6 Å². The number of rotatable bonds is 5. The van der Waals surface area contributed by atoms with Crippen LogP contribution in [0.4, 0.5) is 0 Å². The molecule has 0 fully saturated rings. The molecule has 0 saturated carbocycles. The monoisotopic (exact) mass is 229 g/mol. The van der Waals surface area contributed by atoms with E-state index in [0.29, 0.717) is 0 Å². The number of aromatic nitrogens is 4. The van der Waals surface area contributed by atoms with Crippen molar-refractivity contribution in [3.05, 3.63) is 48.6 Å². The number of nitrogens with zero attached hydrogens (tertiary/aromatic N) is 4. The summed E-state index contributed by atoms with van der Waals surface area (Å²) in [6.07, 6.45) is 11.3. The smallest absolute Gasteiger partial charge is 0.0956 e. The van der Waals surface area contributed by atoms with Crippen LogP contribution in [0.3, 0.4) is 0 Å². The molecule has 0 aromatic carbocycles. The van der Waals surface area contributed by atoms with Gasteiger partial charge in [0.15, 0.2) is 0 Å². The van der Waals surface area contributed by atoms with Crippen molar-refractivity contribution in [2.75, 3.05) is 6.54 Å². The lowest BCUT2D eigenvalue weighted by molar-refractivity contribution is 0.570. The van der Waals surface area contributed by atoms with Gasteiger partial charge in [0.1, 0.15) is 0 Å². The molecule has 0 aliphatic carbocycles. The highest BCUT2D eigenvalue weighted by atomic mass is 15.0. The van der Waals surface area contributed by atoms with Gasteiger partial charge in [-0.25, -0.2) is 0 Å². The second-order valence-corrected chi connectivity index (χ2v) is 3.65. The summed E-state index contributed by atoms with van der Waals surface area (Å²) in [5.41, 5.74) is 1.72. The normalized spacial score (nSPS) is 10.7. The molecule has 2 aromatic rings. The van der Waals surface area contributed by atoms with Crippen LogP contribution in [0.2, 0.25) is 0 Å². The molecule has 0 aliphatic rings. The SMILES string of the molecule is CCCNC(c1cnccn1)c1cnccn1. The molecular weight excluding hydrogens is 214 g/mol. The Kier molecular flexibility index (Phi) is 4.10. The fourth-order valence-corrected chi connectivity index (χ4v) is 1.57. The summed E-state index contributed by atoms with van der Waals surface area (Å²) in [4.78, 5) is 16.8. The Morgan fingerprint density at radius 3 is 2.00 bits per heavy atom. The van der Waals surface area contributed by atoms with Crippen molar-refractivity contribution in [1.29, 1.82) is 0 Å². The lowest BCUT2D eigenvalue weighted by Crippen LogP contribution is -2.25. The van der Waals surface area contributed by atoms with E-state index in [-0.39, 0.29) is 6.04 Å². The summed E-state index contributed by atoms with van der Waals surface area (Å²) in [7, 11) is 0. The molecule has 2 heterocycles. The molecule has 2 rings (SSSR count). The second-order valence-electron chi connectivity index (χ2n) is 3.65. The van der Waals surface area contributed by atoms with Crippen LogP contribution in [0, 0.1) is 0 Å². The molecule has 0 atom stereocenters. The fourth-order valence-electron chi connectivity index (χ4n) is 1.57. The number of hydrogen-bond acceptors (Lipinski definition) is 5. The van der Waals surface area contributed by atoms with Gasteiger partial charge in [-0.05, 0) is 13.0 Å². The molecular formula is C12H15N5. The summed E-state index contributed by atoms with van der Waals surface area (Å²) in [6.45, 7) is 3.02. The molecule has 88 valence electrons. The van der Waals surface area contributed by atoms with Crippen molar-refractivity contribution in [3.8, 4) is 0 Å². The van der Waals surface area contributed by atoms with E-state index in [1.807, 2.05) is 0 Å². The highest BCUT2D eigenvalue weighted by molar-refractivity contribution is 5.16. The average Bonchev–Trinajstić information content (AvgIpc) is 2.42. The largest absolute Gasteiger partial charge is 0.304 e. The van der Waals surface area contributed by atoms with Crippen molar-refractivity contribution in [2.45, 2.75) is 19.4 Å². The molecule has 0 radical (unpaired) electrons.